The summed E-state index contributed by atoms with van der Waals surface area (Å²) in [4.78, 5) is 14.2. The molecule has 1 aliphatic heterocycles. The molecule has 1 aromatic heterocycles. The van der Waals surface area contributed by atoms with E-state index >= 15 is 0 Å². The summed E-state index contributed by atoms with van der Waals surface area (Å²) in [5, 5.41) is 1.28. The monoisotopic (exact) mass is 329 g/mol. The van der Waals surface area contributed by atoms with Crippen molar-refractivity contribution in [2.24, 2.45) is 5.73 Å². The van der Waals surface area contributed by atoms with E-state index in [0.717, 1.165) is 19.4 Å². The fourth-order valence-electron chi connectivity index (χ4n) is 3.49. The number of amides is 1. The zero-order chi connectivity index (χ0) is 17.3. The van der Waals surface area contributed by atoms with Crippen molar-refractivity contribution in [1.29, 1.82) is 0 Å². The first-order valence-electron chi connectivity index (χ1n) is 8.67. The molecule has 3 rings (SSSR count). The second-order valence-electron chi connectivity index (χ2n) is 7.35. The summed E-state index contributed by atoms with van der Waals surface area (Å²) in [7, 11) is 0. The number of nitrogens with two attached hydrogens (primary N) is 1. The minimum absolute atomic E-state index is 0.220. The molecular formula is C19H27N3O2. The molecule has 0 spiro atoms. The number of rotatable bonds is 2. The predicted octanol–water partition coefficient (Wildman–Crippen LogP) is 2.94. The first kappa shape index (κ1) is 16.8. The Labute approximate surface area is 143 Å². The van der Waals surface area contributed by atoms with E-state index in [-0.39, 0.29) is 6.09 Å². The average Bonchev–Trinajstić information content (AvgIpc) is 2.68. The van der Waals surface area contributed by atoms with Gasteiger partial charge in [0.25, 0.3) is 0 Å². The summed E-state index contributed by atoms with van der Waals surface area (Å²) < 4.78 is 7.86. The number of hydrogen-bond donors (Lipinski definition) is 1. The average molecular weight is 329 g/mol. The van der Waals surface area contributed by atoms with Crippen LogP contribution >= 0.6 is 0 Å². The molecule has 1 aliphatic rings. The van der Waals surface area contributed by atoms with Crippen LogP contribution in [0.3, 0.4) is 0 Å². The second kappa shape index (κ2) is 6.48. The first-order valence-corrected chi connectivity index (χ1v) is 8.67. The Morgan fingerprint density at radius 3 is 2.62 bits per heavy atom. The van der Waals surface area contributed by atoms with Crippen molar-refractivity contribution in [3.05, 3.63) is 35.5 Å². The van der Waals surface area contributed by atoms with Gasteiger partial charge < -0.3 is 19.9 Å². The van der Waals surface area contributed by atoms with Gasteiger partial charge in [0.1, 0.15) is 5.60 Å². The number of carbonyl (C=O) groups is 1. The van der Waals surface area contributed by atoms with Gasteiger partial charge in [0.05, 0.1) is 0 Å². The van der Waals surface area contributed by atoms with Crippen LogP contribution in [0, 0.1) is 0 Å². The minimum Gasteiger partial charge on any atom is -0.444 e. The van der Waals surface area contributed by atoms with Crippen LogP contribution in [0.25, 0.3) is 10.9 Å². The summed E-state index contributed by atoms with van der Waals surface area (Å²) in [6.45, 7) is 8.51. The van der Waals surface area contributed by atoms with Crippen LogP contribution < -0.4 is 5.73 Å². The molecule has 0 aliphatic carbocycles. The van der Waals surface area contributed by atoms with Gasteiger partial charge in [-0.25, -0.2) is 4.79 Å². The molecule has 24 heavy (non-hydrogen) atoms. The zero-order valence-corrected chi connectivity index (χ0v) is 14.8. The summed E-state index contributed by atoms with van der Waals surface area (Å²) in [6, 6.07) is 8.48. The molecule has 1 amide bonds. The molecule has 0 unspecified atom stereocenters. The van der Waals surface area contributed by atoms with Gasteiger partial charge in [-0.05, 0) is 38.8 Å². The number of fused-ring (bicyclic) bond motifs is 3. The van der Waals surface area contributed by atoms with Gasteiger partial charge in [0.15, 0.2) is 0 Å². The lowest BCUT2D eigenvalue weighted by atomic mass is 10.1. The minimum atomic E-state index is -0.461. The van der Waals surface area contributed by atoms with Gasteiger partial charge in [0, 0.05) is 49.2 Å². The van der Waals surface area contributed by atoms with Crippen LogP contribution in [0.2, 0.25) is 0 Å². The van der Waals surface area contributed by atoms with Gasteiger partial charge in [-0.2, -0.15) is 0 Å². The number of benzene rings is 1. The Morgan fingerprint density at radius 1 is 1.21 bits per heavy atom. The van der Waals surface area contributed by atoms with Crippen LogP contribution in [0.4, 0.5) is 4.79 Å². The van der Waals surface area contributed by atoms with Crippen LogP contribution in [-0.2, 0) is 24.1 Å². The van der Waals surface area contributed by atoms with Gasteiger partial charge in [-0.15, -0.1) is 0 Å². The molecule has 5 nitrogen and oxygen atoms in total. The summed E-state index contributed by atoms with van der Waals surface area (Å²) in [5.74, 6) is 0. The maximum Gasteiger partial charge on any atom is 0.410 e. The van der Waals surface area contributed by atoms with E-state index in [4.69, 9.17) is 10.5 Å². The van der Waals surface area contributed by atoms with Crippen molar-refractivity contribution in [1.82, 2.24) is 9.47 Å². The number of aromatic nitrogens is 1. The van der Waals surface area contributed by atoms with Crippen molar-refractivity contribution in [3.8, 4) is 0 Å². The van der Waals surface area contributed by atoms with Crippen LogP contribution in [-0.4, -0.2) is 40.8 Å². The molecule has 130 valence electrons. The van der Waals surface area contributed by atoms with E-state index in [1.807, 2.05) is 25.7 Å². The highest BCUT2D eigenvalue weighted by molar-refractivity contribution is 5.86. The van der Waals surface area contributed by atoms with Crippen LogP contribution in [0.1, 0.15) is 32.0 Å². The van der Waals surface area contributed by atoms with Gasteiger partial charge in [0.2, 0.25) is 0 Å². The SMILES string of the molecule is CC(C)(C)OC(=O)N1CCc2c(n(CCN)c3ccccc23)CC1. The van der Waals surface area contributed by atoms with E-state index in [0.29, 0.717) is 19.6 Å². The van der Waals surface area contributed by atoms with Crippen molar-refractivity contribution >= 4 is 17.0 Å². The standard InChI is InChI=1S/C19H27N3O2/c1-19(2,3)24-18(23)21-11-8-15-14-6-4-5-7-16(14)22(13-10-20)17(15)9-12-21/h4-7H,8-13,20H2,1-3H3. The van der Waals surface area contributed by atoms with E-state index in [2.05, 4.69) is 28.8 Å². The Bertz CT molecular complexity index is 743. The van der Waals surface area contributed by atoms with Gasteiger partial charge in [-0.1, -0.05) is 18.2 Å². The van der Waals surface area contributed by atoms with E-state index in [9.17, 15) is 4.79 Å². The zero-order valence-electron chi connectivity index (χ0n) is 14.8. The lowest BCUT2D eigenvalue weighted by Gasteiger charge is -2.26. The highest BCUT2D eigenvalue weighted by atomic mass is 16.6. The smallest absolute Gasteiger partial charge is 0.410 e. The molecule has 0 atom stereocenters. The Morgan fingerprint density at radius 2 is 1.92 bits per heavy atom. The molecule has 0 bridgehead atoms. The maximum absolute atomic E-state index is 12.4. The first-order chi connectivity index (χ1) is 11.4. The number of para-hydroxylation sites is 1. The lowest BCUT2D eigenvalue weighted by Crippen LogP contribution is -2.38. The summed E-state index contributed by atoms with van der Waals surface area (Å²) in [5.41, 5.74) is 9.28. The predicted molar refractivity (Wildman–Crippen MR) is 96.2 cm³/mol. The van der Waals surface area contributed by atoms with Crippen LogP contribution in [0.15, 0.2) is 24.3 Å². The Hall–Kier alpha value is -2.01. The topological polar surface area (TPSA) is 60.5 Å². The van der Waals surface area contributed by atoms with E-state index in [1.54, 1.807) is 0 Å². The third-order valence-corrected chi connectivity index (χ3v) is 4.45. The van der Waals surface area contributed by atoms with E-state index in [1.165, 1.54) is 22.2 Å². The maximum atomic E-state index is 12.4. The molecule has 0 saturated carbocycles. The normalized spacial score (nSPS) is 15.2. The fraction of sp³-hybridized carbons (Fsp3) is 0.526. The molecule has 0 fully saturated rings. The van der Waals surface area contributed by atoms with Crippen molar-refractivity contribution < 1.29 is 9.53 Å². The number of hydrogen-bond acceptors (Lipinski definition) is 3. The summed E-state index contributed by atoms with van der Waals surface area (Å²) in [6.07, 6.45) is 1.47. The Kier molecular flexibility index (Phi) is 4.54. The van der Waals surface area contributed by atoms with Crippen molar-refractivity contribution in [2.45, 2.75) is 45.8 Å². The molecule has 2 aromatic rings. The molecule has 2 N–H and O–H groups in total. The van der Waals surface area contributed by atoms with Crippen molar-refractivity contribution in [3.63, 3.8) is 0 Å². The van der Waals surface area contributed by atoms with Crippen LogP contribution in [0.5, 0.6) is 0 Å². The molecule has 1 aromatic carbocycles. The second-order valence-corrected chi connectivity index (χ2v) is 7.35. The number of ether oxygens (including phenoxy) is 1. The lowest BCUT2D eigenvalue weighted by molar-refractivity contribution is 0.0258. The third-order valence-electron chi connectivity index (χ3n) is 4.45. The molecule has 2 heterocycles. The van der Waals surface area contributed by atoms with Crippen molar-refractivity contribution in [2.75, 3.05) is 19.6 Å². The number of nitrogens with zero attached hydrogens (tertiary/aromatic N) is 2. The van der Waals surface area contributed by atoms with E-state index < -0.39 is 5.60 Å². The summed E-state index contributed by atoms with van der Waals surface area (Å²) >= 11 is 0. The largest absolute Gasteiger partial charge is 0.444 e. The fourth-order valence-corrected chi connectivity index (χ4v) is 3.49. The highest BCUT2D eigenvalue weighted by Crippen LogP contribution is 2.29. The molecule has 0 radical (unpaired) electrons. The van der Waals surface area contributed by atoms with Gasteiger partial charge in [-0.3, -0.25) is 0 Å². The number of carbonyl (C=O) groups excluding carboxylic acids is 1. The molecule has 5 heteroatoms. The Balaban J connectivity index is 1.89. The highest BCUT2D eigenvalue weighted by Gasteiger charge is 2.26. The van der Waals surface area contributed by atoms with Gasteiger partial charge >= 0.3 is 6.09 Å². The molecular weight excluding hydrogens is 302 g/mol. The quantitative estimate of drug-likeness (QED) is 0.921. The third kappa shape index (κ3) is 3.26. The molecule has 0 saturated heterocycles.